The van der Waals surface area contributed by atoms with Gasteiger partial charge in [-0.25, -0.2) is 4.98 Å². The van der Waals surface area contributed by atoms with Crippen molar-refractivity contribution in [2.75, 3.05) is 23.3 Å². The highest BCUT2D eigenvalue weighted by Crippen LogP contribution is 2.36. The fraction of sp³-hybridized carbons (Fsp3) is 0.320. The van der Waals surface area contributed by atoms with Crippen LogP contribution in [0.5, 0.6) is 0 Å². The molecule has 0 radical (unpaired) electrons. The van der Waals surface area contributed by atoms with E-state index in [9.17, 15) is 4.79 Å². The monoisotopic (exact) mass is 398 g/mol. The number of rotatable bonds is 4. The molecular formula is C25H26N4O. The van der Waals surface area contributed by atoms with E-state index in [0.717, 1.165) is 49.7 Å². The van der Waals surface area contributed by atoms with Crippen molar-refractivity contribution in [1.82, 2.24) is 9.97 Å². The Bertz CT molecular complexity index is 1030. The van der Waals surface area contributed by atoms with E-state index in [1.54, 1.807) is 0 Å². The van der Waals surface area contributed by atoms with E-state index in [1.807, 2.05) is 48.5 Å². The number of carbonyl (C=O) groups excluding carboxylic acids is 1. The van der Waals surface area contributed by atoms with Gasteiger partial charge in [0.1, 0.15) is 5.82 Å². The van der Waals surface area contributed by atoms with Crippen LogP contribution in [0.15, 0.2) is 60.7 Å². The van der Waals surface area contributed by atoms with Crippen LogP contribution in [0.25, 0.3) is 0 Å². The minimum Gasteiger partial charge on any atom is -0.341 e. The zero-order chi connectivity index (χ0) is 20.3. The van der Waals surface area contributed by atoms with E-state index < -0.39 is 0 Å². The molecule has 1 atom stereocenters. The Labute approximate surface area is 177 Å². The van der Waals surface area contributed by atoms with Crippen molar-refractivity contribution < 1.29 is 4.79 Å². The molecule has 2 aromatic carbocycles. The number of hydrogen-bond acceptors (Lipinski definition) is 5. The largest absolute Gasteiger partial charge is 0.341 e. The van der Waals surface area contributed by atoms with Crippen LogP contribution in [0.1, 0.15) is 53.2 Å². The third kappa shape index (κ3) is 3.80. The summed E-state index contributed by atoms with van der Waals surface area (Å²) in [6.07, 6.45) is 4.83. The van der Waals surface area contributed by atoms with Crippen LogP contribution in [0, 0.1) is 0 Å². The molecule has 1 aliphatic heterocycles. The number of hydrogen-bond donors (Lipinski definition) is 1. The van der Waals surface area contributed by atoms with Crippen molar-refractivity contribution in [2.24, 2.45) is 0 Å². The molecule has 5 nitrogen and oxygen atoms in total. The van der Waals surface area contributed by atoms with E-state index in [1.165, 1.54) is 12.0 Å². The first-order valence-electron chi connectivity index (χ1n) is 10.8. The number of ketones is 1. The number of anilines is 3. The van der Waals surface area contributed by atoms with Crippen LogP contribution in [-0.4, -0.2) is 28.8 Å². The maximum atomic E-state index is 13.2. The summed E-state index contributed by atoms with van der Waals surface area (Å²) >= 11 is 0. The Morgan fingerprint density at radius 3 is 2.27 bits per heavy atom. The number of piperidine rings is 1. The van der Waals surface area contributed by atoms with Gasteiger partial charge in [-0.3, -0.25) is 4.79 Å². The summed E-state index contributed by atoms with van der Waals surface area (Å²) in [5.74, 6) is 1.67. The third-order valence-corrected chi connectivity index (χ3v) is 6.07. The number of nitrogens with zero attached hydrogens (tertiary/aromatic N) is 3. The fourth-order valence-corrected chi connectivity index (χ4v) is 4.51. The summed E-state index contributed by atoms with van der Waals surface area (Å²) < 4.78 is 0. The van der Waals surface area contributed by atoms with Gasteiger partial charge in [0.05, 0.1) is 11.3 Å². The minimum atomic E-state index is 0.119. The summed E-state index contributed by atoms with van der Waals surface area (Å²) in [6.45, 7) is 1.94. The van der Waals surface area contributed by atoms with Crippen LogP contribution in [-0.2, 0) is 6.42 Å². The van der Waals surface area contributed by atoms with Crippen LogP contribution in [0.4, 0.5) is 17.5 Å². The predicted octanol–water partition coefficient (Wildman–Crippen LogP) is 5.12. The first kappa shape index (κ1) is 18.8. The second-order valence-electron chi connectivity index (χ2n) is 8.17. The number of Topliss-reactive ketones (excluding diaryl/α,β-unsaturated/α-hetero) is 1. The quantitative estimate of drug-likeness (QED) is 0.661. The summed E-state index contributed by atoms with van der Waals surface area (Å²) in [5.41, 5.74) is 3.66. The number of fused-ring (bicyclic) bond motifs is 1. The zero-order valence-electron chi connectivity index (χ0n) is 17.1. The second kappa shape index (κ2) is 8.27. The van der Waals surface area contributed by atoms with E-state index in [-0.39, 0.29) is 11.7 Å². The molecule has 0 saturated carbocycles. The highest BCUT2D eigenvalue weighted by atomic mass is 16.1. The average Bonchev–Trinajstić information content (AvgIpc) is 2.80. The molecule has 1 unspecified atom stereocenters. The van der Waals surface area contributed by atoms with Gasteiger partial charge in [-0.05, 0) is 49.3 Å². The molecule has 152 valence electrons. The maximum Gasteiger partial charge on any atom is 0.227 e. The van der Waals surface area contributed by atoms with E-state index in [2.05, 4.69) is 22.3 Å². The lowest BCUT2D eigenvalue weighted by molar-refractivity contribution is 0.0963. The molecule has 1 aliphatic carbocycles. The Hall–Kier alpha value is -3.21. The molecule has 1 N–H and O–H groups in total. The summed E-state index contributed by atoms with van der Waals surface area (Å²) in [7, 11) is 0. The lowest BCUT2D eigenvalue weighted by Gasteiger charge is -2.30. The predicted molar refractivity (Wildman–Crippen MR) is 120 cm³/mol. The van der Waals surface area contributed by atoms with Crippen molar-refractivity contribution >= 4 is 23.2 Å². The van der Waals surface area contributed by atoms with Crippen molar-refractivity contribution in [2.45, 2.75) is 38.0 Å². The Morgan fingerprint density at radius 2 is 1.53 bits per heavy atom. The molecule has 30 heavy (non-hydrogen) atoms. The van der Waals surface area contributed by atoms with Crippen LogP contribution >= 0.6 is 0 Å². The molecule has 0 bridgehead atoms. The van der Waals surface area contributed by atoms with E-state index in [0.29, 0.717) is 17.8 Å². The molecule has 5 rings (SSSR count). The number of nitrogens with one attached hydrogen (secondary N) is 1. The second-order valence-corrected chi connectivity index (χ2v) is 8.17. The van der Waals surface area contributed by atoms with E-state index in [4.69, 9.17) is 9.97 Å². The molecular weight excluding hydrogens is 372 g/mol. The Kier molecular flexibility index (Phi) is 5.18. The standard InChI is InChI=1S/C25H26N4O/c30-22-17-19(18-10-4-1-5-11-18)16-21-23(22)24(26-20-12-6-2-7-13-20)28-25(27-21)29-14-8-3-9-15-29/h1-2,4-7,10-13,19H,3,8-9,14-17H2,(H,26,27,28). The van der Waals surface area contributed by atoms with Crippen LogP contribution < -0.4 is 10.2 Å². The smallest absolute Gasteiger partial charge is 0.227 e. The lowest BCUT2D eigenvalue weighted by Crippen LogP contribution is -2.32. The molecule has 0 spiro atoms. The molecule has 1 saturated heterocycles. The average molecular weight is 399 g/mol. The van der Waals surface area contributed by atoms with Gasteiger partial charge in [0.25, 0.3) is 0 Å². The van der Waals surface area contributed by atoms with Crippen LogP contribution in [0.3, 0.4) is 0 Å². The SMILES string of the molecule is O=C1CC(c2ccccc2)Cc2nc(N3CCCCC3)nc(Nc3ccccc3)c21. The molecule has 2 aliphatic rings. The summed E-state index contributed by atoms with van der Waals surface area (Å²) in [6, 6.07) is 20.2. The highest BCUT2D eigenvalue weighted by Gasteiger charge is 2.32. The lowest BCUT2D eigenvalue weighted by atomic mass is 9.82. The normalized spacial score (nSPS) is 18.7. The van der Waals surface area contributed by atoms with Gasteiger partial charge in [0, 0.05) is 25.2 Å². The van der Waals surface area contributed by atoms with Crippen molar-refractivity contribution in [3.05, 3.63) is 77.5 Å². The van der Waals surface area contributed by atoms with Gasteiger partial charge in [0.15, 0.2) is 5.78 Å². The molecule has 1 fully saturated rings. The molecule has 1 aromatic heterocycles. The van der Waals surface area contributed by atoms with Gasteiger partial charge >= 0.3 is 0 Å². The van der Waals surface area contributed by atoms with Crippen molar-refractivity contribution in [3.8, 4) is 0 Å². The first-order valence-corrected chi connectivity index (χ1v) is 10.8. The molecule has 3 aromatic rings. The van der Waals surface area contributed by atoms with Gasteiger partial charge in [-0.2, -0.15) is 4.98 Å². The maximum absolute atomic E-state index is 13.2. The van der Waals surface area contributed by atoms with Gasteiger partial charge in [0.2, 0.25) is 5.95 Å². The molecule has 0 amide bonds. The fourth-order valence-electron chi connectivity index (χ4n) is 4.51. The number of para-hydroxylation sites is 1. The third-order valence-electron chi connectivity index (χ3n) is 6.07. The van der Waals surface area contributed by atoms with Gasteiger partial charge in [-0.1, -0.05) is 48.5 Å². The van der Waals surface area contributed by atoms with Crippen molar-refractivity contribution in [3.63, 3.8) is 0 Å². The summed E-state index contributed by atoms with van der Waals surface area (Å²) in [4.78, 5) is 25.3. The summed E-state index contributed by atoms with van der Waals surface area (Å²) in [5, 5.41) is 3.40. The van der Waals surface area contributed by atoms with Gasteiger partial charge < -0.3 is 10.2 Å². The van der Waals surface area contributed by atoms with Gasteiger partial charge in [-0.15, -0.1) is 0 Å². The van der Waals surface area contributed by atoms with E-state index >= 15 is 0 Å². The molecule has 5 heteroatoms. The highest BCUT2D eigenvalue weighted by molar-refractivity contribution is 6.03. The minimum absolute atomic E-state index is 0.119. The number of aromatic nitrogens is 2. The first-order chi connectivity index (χ1) is 14.8. The Morgan fingerprint density at radius 1 is 0.833 bits per heavy atom. The van der Waals surface area contributed by atoms with Crippen molar-refractivity contribution in [1.29, 1.82) is 0 Å². The van der Waals surface area contributed by atoms with Crippen LogP contribution in [0.2, 0.25) is 0 Å². The number of carbonyl (C=O) groups is 1. The Balaban J connectivity index is 1.56. The zero-order valence-corrected chi connectivity index (χ0v) is 17.1. The molecule has 2 heterocycles. The number of benzene rings is 2. The topological polar surface area (TPSA) is 58.1 Å².